The molecule has 5 heteroatoms. The number of nitrogens with one attached hydrogen (secondary N) is 1. The van der Waals surface area contributed by atoms with E-state index in [1.165, 1.54) is 0 Å². The predicted molar refractivity (Wildman–Crippen MR) is 51.6 cm³/mol. The summed E-state index contributed by atoms with van der Waals surface area (Å²) in [6.07, 6.45) is 0.564. The molecule has 0 aromatic rings. The molecule has 5 nitrogen and oxygen atoms in total. The number of carbonyl (C=O) groups excluding carboxylic acids is 1. The van der Waals surface area contributed by atoms with E-state index in [0.29, 0.717) is 19.6 Å². The minimum atomic E-state index is -0.240. The first kappa shape index (κ1) is 11.4. The Bertz CT molecular complexity index is 198. The van der Waals surface area contributed by atoms with Gasteiger partial charge in [0.1, 0.15) is 0 Å². The van der Waals surface area contributed by atoms with Gasteiger partial charge in [0.15, 0.2) is 0 Å². The normalized spacial score (nSPS) is 28.8. The molecular weight excluding hydrogens is 184 g/mol. The molecule has 0 bridgehead atoms. The van der Waals surface area contributed by atoms with Crippen molar-refractivity contribution in [1.82, 2.24) is 5.32 Å². The van der Waals surface area contributed by atoms with E-state index < -0.39 is 0 Å². The van der Waals surface area contributed by atoms with Crippen LogP contribution in [0.1, 0.15) is 13.3 Å². The van der Waals surface area contributed by atoms with E-state index in [2.05, 4.69) is 5.32 Å². The Morgan fingerprint density at radius 2 is 2.43 bits per heavy atom. The molecule has 0 spiro atoms. The molecule has 1 aliphatic rings. The van der Waals surface area contributed by atoms with Gasteiger partial charge in [0.2, 0.25) is 5.91 Å². The van der Waals surface area contributed by atoms with Crippen molar-refractivity contribution < 1.29 is 14.6 Å². The van der Waals surface area contributed by atoms with Crippen molar-refractivity contribution in [3.63, 3.8) is 0 Å². The first-order valence-electron chi connectivity index (χ1n) is 4.89. The maximum Gasteiger partial charge on any atom is 0.227 e. The lowest BCUT2D eigenvalue weighted by Gasteiger charge is -2.17. The predicted octanol–water partition coefficient (Wildman–Crippen LogP) is -1.15. The van der Waals surface area contributed by atoms with Gasteiger partial charge in [-0.05, 0) is 13.3 Å². The second-order valence-electron chi connectivity index (χ2n) is 3.73. The molecule has 1 aliphatic heterocycles. The molecule has 1 saturated heterocycles. The molecule has 1 heterocycles. The highest BCUT2D eigenvalue weighted by atomic mass is 16.5. The quantitative estimate of drug-likeness (QED) is 0.537. The second kappa shape index (κ2) is 5.29. The summed E-state index contributed by atoms with van der Waals surface area (Å²) >= 11 is 0. The molecule has 1 fully saturated rings. The van der Waals surface area contributed by atoms with Crippen LogP contribution in [0, 0.1) is 5.92 Å². The number of ether oxygens (including phenoxy) is 1. The number of rotatable bonds is 4. The van der Waals surface area contributed by atoms with Gasteiger partial charge < -0.3 is 20.9 Å². The fourth-order valence-electron chi connectivity index (χ4n) is 1.46. The first-order valence-corrected chi connectivity index (χ1v) is 4.89. The molecule has 14 heavy (non-hydrogen) atoms. The van der Waals surface area contributed by atoms with E-state index in [1.807, 2.05) is 6.92 Å². The molecule has 0 aromatic heterocycles. The van der Waals surface area contributed by atoms with E-state index in [1.54, 1.807) is 0 Å². The minimum Gasteiger partial charge on any atom is -0.396 e. The Morgan fingerprint density at radius 1 is 1.71 bits per heavy atom. The maximum absolute atomic E-state index is 11.6. The van der Waals surface area contributed by atoms with Crippen LogP contribution in [0.5, 0.6) is 0 Å². The third kappa shape index (κ3) is 2.94. The lowest BCUT2D eigenvalue weighted by Crippen LogP contribution is -2.44. The van der Waals surface area contributed by atoms with Gasteiger partial charge in [-0.2, -0.15) is 0 Å². The molecule has 0 radical (unpaired) electrons. The van der Waals surface area contributed by atoms with E-state index in [0.717, 1.165) is 0 Å². The van der Waals surface area contributed by atoms with Gasteiger partial charge in [0, 0.05) is 18.7 Å². The molecule has 0 saturated carbocycles. The Labute approximate surface area is 83.6 Å². The van der Waals surface area contributed by atoms with Crippen LogP contribution in [0.15, 0.2) is 0 Å². The number of nitrogens with two attached hydrogens (primary N) is 1. The lowest BCUT2D eigenvalue weighted by molar-refractivity contribution is -0.125. The summed E-state index contributed by atoms with van der Waals surface area (Å²) in [4.78, 5) is 11.6. The highest BCUT2D eigenvalue weighted by Crippen LogP contribution is 2.11. The molecule has 3 unspecified atom stereocenters. The topological polar surface area (TPSA) is 84.6 Å². The zero-order valence-electron chi connectivity index (χ0n) is 8.40. The monoisotopic (exact) mass is 202 g/mol. The number of carbonyl (C=O) groups is 1. The highest BCUT2D eigenvalue weighted by Gasteiger charge is 2.31. The Kier molecular flexibility index (Phi) is 4.31. The third-order valence-electron chi connectivity index (χ3n) is 2.41. The highest BCUT2D eigenvalue weighted by molar-refractivity contribution is 5.80. The molecule has 82 valence electrons. The molecule has 1 amide bonds. The van der Waals surface area contributed by atoms with Crippen LogP contribution < -0.4 is 11.1 Å². The van der Waals surface area contributed by atoms with Gasteiger partial charge >= 0.3 is 0 Å². The number of hydrogen-bond acceptors (Lipinski definition) is 4. The number of amides is 1. The van der Waals surface area contributed by atoms with Crippen LogP contribution in [-0.4, -0.2) is 42.9 Å². The Morgan fingerprint density at radius 3 is 2.93 bits per heavy atom. The minimum absolute atomic E-state index is 0.0136. The summed E-state index contributed by atoms with van der Waals surface area (Å²) < 4.78 is 5.10. The molecule has 1 rings (SSSR count). The third-order valence-corrected chi connectivity index (χ3v) is 2.41. The van der Waals surface area contributed by atoms with Gasteiger partial charge in [-0.25, -0.2) is 0 Å². The summed E-state index contributed by atoms with van der Waals surface area (Å²) in [6, 6.07) is -0.211. The van der Waals surface area contributed by atoms with Crippen LogP contribution in [0.4, 0.5) is 0 Å². The van der Waals surface area contributed by atoms with Gasteiger partial charge in [-0.15, -0.1) is 0 Å². The van der Waals surface area contributed by atoms with Crippen molar-refractivity contribution in [3.05, 3.63) is 0 Å². The van der Waals surface area contributed by atoms with Crippen LogP contribution in [0.3, 0.4) is 0 Å². The van der Waals surface area contributed by atoms with Crippen molar-refractivity contribution >= 4 is 5.91 Å². The molecule has 4 N–H and O–H groups in total. The maximum atomic E-state index is 11.6. The zero-order chi connectivity index (χ0) is 10.6. The average Bonchev–Trinajstić information content (AvgIpc) is 2.51. The summed E-state index contributed by atoms with van der Waals surface area (Å²) in [7, 11) is 0. The van der Waals surface area contributed by atoms with Crippen molar-refractivity contribution in [2.24, 2.45) is 11.7 Å². The fourth-order valence-corrected chi connectivity index (χ4v) is 1.46. The summed E-state index contributed by atoms with van der Waals surface area (Å²) in [5.74, 6) is -0.313. The van der Waals surface area contributed by atoms with Crippen molar-refractivity contribution in [2.75, 3.05) is 19.8 Å². The second-order valence-corrected chi connectivity index (χ2v) is 3.73. The zero-order valence-corrected chi connectivity index (χ0v) is 8.40. The lowest BCUT2D eigenvalue weighted by atomic mass is 10.0. The number of aliphatic hydroxyl groups is 1. The van der Waals surface area contributed by atoms with E-state index >= 15 is 0 Å². The van der Waals surface area contributed by atoms with Crippen LogP contribution >= 0.6 is 0 Å². The SMILES string of the molecule is CC(CCO)NC(=O)C1COCC1N. The van der Waals surface area contributed by atoms with Gasteiger partial charge in [0.05, 0.1) is 19.1 Å². The molecule has 3 atom stereocenters. The summed E-state index contributed by atoms with van der Waals surface area (Å²) in [5, 5.41) is 11.5. The van der Waals surface area contributed by atoms with E-state index in [4.69, 9.17) is 15.6 Å². The Hall–Kier alpha value is -0.650. The van der Waals surface area contributed by atoms with Crippen molar-refractivity contribution in [1.29, 1.82) is 0 Å². The average molecular weight is 202 g/mol. The Balaban J connectivity index is 2.33. The molecular formula is C9H18N2O3. The van der Waals surface area contributed by atoms with Crippen LogP contribution in [0.2, 0.25) is 0 Å². The fraction of sp³-hybridized carbons (Fsp3) is 0.889. The largest absolute Gasteiger partial charge is 0.396 e. The molecule has 0 aliphatic carbocycles. The number of aliphatic hydroxyl groups excluding tert-OH is 1. The van der Waals surface area contributed by atoms with Gasteiger partial charge in [0.25, 0.3) is 0 Å². The van der Waals surface area contributed by atoms with Crippen LogP contribution in [0.25, 0.3) is 0 Å². The van der Waals surface area contributed by atoms with Crippen LogP contribution in [-0.2, 0) is 9.53 Å². The van der Waals surface area contributed by atoms with Crippen molar-refractivity contribution in [2.45, 2.75) is 25.4 Å². The summed E-state index contributed by atoms with van der Waals surface area (Å²) in [5.41, 5.74) is 5.69. The number of hydrogen-bond donors (Lipinski definition) is 3. The standard InChI is InChI=1S/C9H18N2O3/c1-6(2-3-12)11-9(13)7-4-14-5-8(7)10/h6-8,12H,2-5,10H2,1H3,(H,11,13). The first-order chi connectivity index (χ1) is 6.65. The van der Waals surface area contributed by atoms with Gasteiger partial charge in [-0.3, -0.25) is 4.79 Å². The van der Waals surface area contributed by atoms with Crippen molar-refractivity contribution in [3.8, 4) is 0 Å². The van der Waals surface area contributed by atoms with E-state index in [9.17, 15) is 4.79 Å². The van der Waals surface area contributed by atoms with E-state index in [-0.39, 0.29) is 30.5 Å². The summed E-state index contributed by atoms with van der Waals surface area (Å²) in [6.45, 7) is 2.79. The molecule has 0 aromatic carbocycles. The smallest absolute Gasteiger partial charge is 0.227 e. The van der Waals surface area contributed by atoms with Gasteiger partial charge in [-0.1, -0.05) is 0 Å².